The summed E-state index contributed by atoms with van der Waals surface area (Å²) >= 11 is 0. The van der Waals surface area contributed by atoms with Crippen LogP contribution in [0, 0.1) is 0 Å². The second kappa shape index (κ2) is 9.24. The lowest BCUT2D eigenvalue weighted by Gasteiger charge is -2.20. The number of nitrogens with one attached hydrogen (secondary N) is 1. The van der Waals surface area contributed by atoms with Crippen molar-refractivity contribution in [1.82, 2.24) is 9.29 Å². The van der Waals surface area contributed by atoms with E-state index in [9.17, 15) is 18.0 Å². The number of nitrogens with zero attached hydrogens (tertiary/aromatic N) is 2. The van der Waals surface area contributed by atoms with Crippen molar-refractivity contribution in [3.63, 3.8) is 0 Å². The molecule has 0 radical (unpaired) electrons. The van der Waals surface area contributed by atoms with Crippen molar-refractivity contribution in [3.05, 3.63) is 59.9 Å². The third kappa shape index (κ3) is 6.15. The summed E-state index contributed by atoms with van der Waals surface area (Å²) in [6, 6.07) is 9.87. The van der Waals surface area contributed by atoms with Crippen LogP contribution < -0.4 is 5.32 Å². The van der Waals surface area contributed by atoms with Crippen LogP contribution >= 0.6 is 0 Å². The fraction of sp³-hybridized carbons (Fsp3) is 0.278. The average Bonchev–Trinajstić information content (AvgIpc) is 2.65. The number of amides is 1. The number of carbonyl (C=O) groups excluding carboxylic acids is 2. The molecule has 1 heterocycles. The number of carbonyl (C=O) groups is 2. The molecule has 2 aromatic rings. The first-order valence-electron chi connectivity index (χ1n) is 8.12. The molecule has 1 aromatic heterocycles. The molecule has 27 heavy (non-hydrogen) atoms. The average molecular weight is 391 g/mol. The Morgan fingerprint density at radius 2 is 1.81 bits per heavy atom. The first-order chi connectivity index (χ1) is 12.8. The Kier molecular flexibility index (Phi) is 7.03. The smallest absolute Gasteiger partial charge is 0.339 e. The van der Waals surface area contributed by atoms with Gasteiger partial charge >= 0.3 is 5.97 Å². The number of esters is 1. The quantitative estimate of drug-likeness (QED) is 0.686. The highest BCUT2D eigenvalue weighted by Gasteiger charge is 2.19. The number of hydrogen-bond donors (Lipinski definition) is 1. The van der Waals surface area contributed by atoms with Crippen molar-refractivity contribution in [3.8, 4) is 0 Å². The van der Waals surface area contributed by atoms with Gasteiger partial charge < -0.3 is 10.1 Å². The maximum Gasteiger partial charge on any atom is 0.339 e. The number of sulfonamides is 1. The van der Waals surface area contributed by atoms with Crippen LogP contribution in [0.15, 0.2) is 48.8 Å². The van der Waals surface area contributed by atoms with Gasteiger partial charge in [0.15, 0.2) is 0 Å². The minimum atomic E-state index is -3.50. The number of aromatic nitrogens is 1. The van der Waals surface area contributed by atoms with Crippen LogP contribution in [0.1, 0.15) is 22.3 Å². The number of para-hydroxylation sites is 1. The highest BCUT2D eigenvalue weighted by atomic mass is 32.2. The van der Waals surface area contributed by atoms with Crippen molar-refractivity contribution in [2.24, 2.45) is 0 Å². The van der Waals surface area contributed by atoms with Gasteiger partial charge in [0.2, 0.25) is 15.9 Å². The van der Waals surface area contributed by atoms with Crippen molar-refractivity contribution in [2.75, 3.05) is 25.2 Å². The summed E-state index contributed by atoms with van der Waals surface area (Å²) in [7, 11) is -2.24. The van der Waals surface area contributed by atoms with Crippen LogP contribution in [0.2, 0.25) is 0 Å². The van der Waals surface area contributed by atoms with E-state index in [1.54, 1.807) is 42.7 Å². The molecular weight excluding hydrogens is 370 g/mol. The number of pyridine rings is 1. The monoisotopic (exact) mass is 391 g/mol. The molecule has 0 bridgehead atoms. The van der Waals surface area contributed by atoms with E-state index in [4.69, 9.17) is 0 Å². The highest BCUT2D eigenvalue weighted by Crippen LogP contribution is 2.16. The minimum Gasteiger partial charge on any atom is -0.465 e. The summed E-state index contributed by atoms with van der Waals surface area (Å²) in [6.45, 7) is 0.154. The molecular formula is C18H21N3O5S. The predicted molar refractivity (Wildman–Crippen MR) is 101 cm³/mol. The number of benzene rings is 1. The summed E-state index contributed by atoms with van der Waals surface area (Å²) in [5.41, 5.74) is 1.31. The fourth-order valence-electron chi connectivity index (χ4n) is 2.37. The van der Waals surface area contributed by atoms with E-state index >= 15 is 0 Å². The molecule has 1 aromatic carbocycles. The number of methoxy groups -OCH3 is 1. The van der Waals surface area contributed by atoms with Crippen molar-refractivity contribution < 1.29 is 22.7 Å². The molecule has 0 saturated carbocycles. The lowest BCUT2D eigenvalue weighted by Crippen LogP contribution is -2.32. The normalized spacial score (nSPS) is 11.2. The third-order valence-corrected chi connectivity index (χ3v) is 5.02. The molecule has 0 saturated heterocycles. The van der Waals surface area contributed by atoms with E-state index in [0.717, 1.165) is 11.8 Å². The van der Waals surface area contributed by atoms with Crippen LogP contribution in [0.25, 0.3) is 0 Å². The SMILES string of the molecule is COC(=O)c1ccccc1NC(=O)CCN(Cc1ccncc1)S(C)(=O)=O. The number of anilines is 1. The van der Waals surface area contributed by atoms with E-state index in [2.05, 4.69) is 15.0 Å². The summed E-state index contributed by atoms with van der Waals surface area (Å²) in [5.74, 6) is -0.976. The third-order valence-electron chi connectivity index (χ3n) is 3.77. The van der Waals surface area contributed by atoms with Crippen molar-refractivity contribution >= 4 is 27.6 Å². The molecule has 0 atom stereocenters. The molecule has 0 aliphatic heterocycles. The van der Waals surface area contributed by atoms with Crippen molar-refractivity contribution in [2.45, 2.75) is 13.0 Å². The van der Waals surface area contributed by atoms with Gasteiger partial charge in [-0.3, -0.25) is 9.78 Å². The fourth-order valence-corrected chi connectivity index (χ4v) is 3.18. The Morgan fingerprint density at radius 3 is 2.44 bits per heavy atom. The van der Waals surface area contributed by atoms with Crippen LogP contribution in [0.3, 0.4) is 0 Å². The zero-order valence-corrected chi connectivity index (χ0v) is 15.9. The van der Waals surface area contributed by atoms with Gasteiger partial charge in [0.05, 0.1) is 24.6 Å². The highest BCUT2D eigenvalue weighted by molar-refractivity contribution is 7.88. The van der Waals surface area contributed by atoms with E-state index in [1.807, 2.05) is 0 Å². The molecule has 1 N–H and O–H groups in total. The second-order valence-electron chi connectivity index (χ2n) is 5.79. The first kappa shape index (κ1) is 20.5. The molecule has 144 valence electrons. The largest absolute Gasteiger partial charge is 0.465 e. The van der Waals surface area contributed by atoms with Gasteiger partial charge in [0, 0.05) is 31.9 Å². The lowest BCUT2D eigenvalue weighted by molar-refractivity contribution is -0.116. The summed E-state index contributed by atoms with van der Waals surface area (Å²) < 4.78 is 29.9. The second-order valence-corrected chi connectivity index (χ2v) is 7.77. The Hall–Kier alpha value is -2.78. The lowest BCUT2D eigenvalue weighted by atomic mass is 10.1. The van der Waals surface area contributed by atoms with E-state index < -0.39 is 21.9 Å². The number of ether oxygens (including phenoxy) is 1. The number of rotatable bonds is 8. The summed E-state index contributed by atoms with van der Waals surface area (Å²) in [4.78, 5) is 27.9. The first-order valence-corrected chi connectivity index (χ1v) is 9.97. The van der Waals surface area contributed by atoms with Crippen molar-refractivity contribution in [1.29, 1.82) is 0 Å². The summed E-state index contributed by atoms with van der Waals surface area (Å²) in [5, 5.41) is 2.63. The molecule has 1 amide bonds. The van der Waals surface area contributed by atoms with E-state index in [1.165, 1.54) is 17.5 Å². The predicted octanol–water partition coefficient (Wildman–Crippen LogP) is 1.66. The van der Waals surface area contributed by atoms with Gasteiger partial charge in [0.1, 0.15) is 0 Å². The van der Waals surface area contributed by atoms with Gasteiger partial charge in [-0.1, -0.05) is 12.1 Å². The zero-order valence-electron chi connectivity index (χ0n) is 15.1. The Labute approximate surface area is 158 Å². The molecule has 0 fully saturated rings. The van der Waals surface area contributed by atoms with E-state index in [0.29, 0.717) is 5.69 Å². The number of hydrogen-bond acceptors (Lipinski definition) is 6. The minimum absolute atomic E-state index is 0.00732. The van der Waals surface area contributed by atoms with Gasteiger partial charge in [0.25, 0.3) is 0 Å². The van der Waals surface area contributed by atoms with Crippen LogP contribution in [0.4, 0.5) is 5.69 Å². The molecule has 9 heteroatoms. The molecule has 0 aliphatic carbocycles. The molecule has 0 spiro atoms. The summed E-state index contributed by atoms with van der Waals surface area (Å²) in [6.07, 6.45) is 4.19. The Balaban J connectivity index is 2.03. The maximum atomic E-state index is 12.3. The van der Waals surface area contributed by atoms with Gasteiger partial charge in [-0.2, -0.15) is 4.31 Å². The standard InChI is InChI=1S/C18H21N3O5S/c1-26-18(23)15-5-3-4-6-16(15)20-17(22)9-12-21(27(2,24)25)13-14-7-10-19-11-8-14/h3-8,10-11H,9,12-13H2,1-2H3,(H,20,22). The van der Waals surface area contributed by atoms with Crippen LogP contribution in [-0.2, 0) is 26.1 Å². The molecule has 2 rings (SSSR count). The van der Waals surface area contributed by atoms with E-state index in [-0.39, 0.29) is 25.1 Å². The zero-order chi connectivity index (χ0) is 19.9. The van der Waals surface area contributed by atoms with Crippen LogP contribution in [0.5, 0.6) is 0 Å². The molecule has 8 nitrogen and oxygen atoms in total. The topological polar surface area (TPSA) is 106 Å². The van der Waals surface area contributed by atoms with Gasteiger partial charge in [-0.05, 0) is 29.8 Å². The molecule has 0 unspecified atom stereocenters. The Bertz CT molecular complexity index is 900. The van der Waals surface area contributed by atoms with Crippen LogP contribution in [-0.4, -0.2) is 49.5 Å². The van der Waals surface area contributed by atoms with Gasteiger partial charge in [-0.15, -0.1) is 0 Å². The van der Waals surface area contributed by atoms with Gasteiger partial charge in [-0.25, -0.2) is 13.2 Å². The Morgan fingerprint density at radius 1 is 1.15 bits per heavy atom. The molecule has 0 aliphatic rings. The maximum absolute atomic E-state index is 12.3.